The van der Waals surface area contributed by atoms with Gasteiger partial charge in [-0.25, -0.2) is 8.42 Å². The molecule has 21 heavy (non-hydrogen) atoms. The maximum atomic E-state index is 12.3. The van der Waals surface area contributed by atoms with Crippen LogP contribution >= 0.6 is 11.6 Å². The molecule has 1 N–H and O–H groups in total. The fourth-order valence-electron chi connectivity index (χ4n) is 2.18. The van der Waals surface area contributed by atoms with Crippen LogP contribution in [0, 0.1) is 0 Å². The molecule has 2 rings (SSSR count). The van der Waals surface area contributed by atoms with E-state index in [2.05, 4.69) is 5.32 Å². The number of hydrogen-bond donors (Lipinski definition) is 1. The second-order valence-corrected chi connectivity index (χ2v) is 8.23. The van der Waals surface area contributed by atoms with Crippen LogP contribution in [0.25, 0.3) is 0 Å². The summed E-state index contributed by atoms with van der Waals surface area (Å²) in [6.07, 6.45) is 3.09. The van der Waals surface area contributed by atoms with Gasteiger partial charge in [-0.2, -0.15) is 4.31 Å². The minimum Gasteiger partial charge on any atom is -0.314 e. The van der Waals surface area contributed by atoms with E-state index in [9.17, 15) is 8.42 Å². The van der Waals surface area contributed by atoms with Crippen molar-refractivity contribution in [3.05, 3.63) is 34.9 Å². The zero-order chi connectivity index (χ0) is 15.5. The first-order valence-corrected chi connectivity index (χ1v) is 9.33. The fraction of sp³-hybridized carbons (Fsp3) is 0.600. The molecule has 0 amide bonds. The number of halogens is 1. The van der Waals surface area contributed by atoms with Crippen LogP contribution in [0.1, 0.15) is 37.8 Å². The Bertz CT molecular complexity index is 556. The lowest BCUT2D eigenvalue weighted by Gasteiger charge is -2.24. The molecule has 0 aromatic heterocycles. The largest absolute Gasteiger partial charge is 0.314 e. The minimum atomic E-state index is -3.23. The molecule has 4 nitrogen and oxygen atoms in total. The minimum absolute atomic E-state index is 0.182. The lowest BCUT2D eigenvalue weighted by atomic mass is 10.1. The number of nitrogens with zero attached hydrogens (tertiary/aromatic N) is 1. The number of hydrogen-bond acceptors (Lipinski definition) is 3. The van der Waals surface area contributed by atoms with Crippen LogP contribution in [0.2, 0.25) is 5.02 Å². The van der Waals surface area contributed by atoms with Gasteiger partial charge in [-0.15, -0.1) is 0 Å². The lowest BCUT2D eigenvalue weighted by molar-refractivity contribution is 0.397. The molecular formula is C15H23ClN2O2S. The molecule has 1 unspecified atom stereocenters. The Morgan fingerprint density at radius 3 is 2.52 bits per heavy atom. The molecule has 0 saturated heterocycles. The summed E-state index contributed by atoms with van der Waals surface area (Å²) in [4.78, 5) is 0. The molecule has 1 atom stereocenters. The molecule has 0 radical (unpaired) electrons. The maximum absolute atomic E-state index is 12.3. The van der Waals surface area contributed by atoms with E-state index in [1.165, 1.54) is 17.1 Å². The standard InChI is InChI=1S/C15H23ClN2O2S/c1-12(13-4-6-14(16)7-5-13)18(2)21(19,20)11-3-10-17-15-8-9-15/h4-7,12,15,17H,3,8-11H2,1-2H3. The maximum Gasteiger partial charge on any atom is 0.214 e. The molecule has 0 bridgehead atoms. The van der Waals surface area contributed by atoms with Gasteiger partial charge in [-0.3, -0.25) is 0 Å². The van der Waals surface area contributed by atoms with E-state index in [0.717, 1.165) is 12.1 Å². The number of benzene rings is 1. The molecule has 1 fully saturated rings. The Kier molecular flexibility index (Phi) is 5.66. The average Bonchev–Trinajstić information content (AvgIpc) is 3.27. The highest BCUT2D eigenvalue weighted by Crippen LogP contribution is 2.23. The molecule has 118 valence electrons. The van der Waals surface area contributed by atoms with Gasteiger partial charge < -0.3 is 5.32 Å². The highest BCUT2D eigenvalue weighted by molar-refractivity contribution is 7.89. The number of rotatable bonds is 8. The van der Waals surface area contributed by atoms with Gasteiger partial charge in [0.05, 0.1) is 5.75 Å². The van der Waals surface area contributed by atoms with Gasteiger partial charge in [0.15, 0.2) is 0 Å². The van der Waals surface area contributed by atoms with E-state index < -0.39 is 10.0 Å². The molecule has 0 heterocycles. The van der Waals surface area contributed by atoms with Crippen molar-refractivity contribution in [3.8, 4) is 0 Å². The van der Waals surface area contributed by atoms with E-state index in [1.807, 2.05) is 19.1 Å². The van der Waals surface area contributed by atoms with Crippen molar-refractivity contribution in [2.75, 3.05) is 19.3 Å². The Hall–Kier alpha value is -0.620. The Balaban J connectivity index is 1.89. The zero-order valence-corrected chi connectivity index (χ0v) is 14.1. The second kappa shape index (κ2) is 7.09. The zero-order valence-electron chi connectivity index (χ0n) is 12.5. The molecule has 1 aliphatic rings. The Morgan fingerprint density at radius 2 is 1.95 bits per heavy atom. The molecule has 0 aliphatic heterocycles. The van der Waals surface area contributed by atoms with Gasteiger partial charge in [0.2, 0.25) is 10.0 Å². The summed E-state index contributed by atoms with van der Waals surface area (Å²) < 4.78 is 26.1. The topological polar surface area (TPSA) is 49.4 Å². The third kappa shape index (κ3) is 4.95. The predicted molar refractivity (Wildman–Crippen MR) is 87.1 cm³/mol. The number of nitrogens with one attached hydrogen (secondary N) is 1. The molecule has 1 aromatic rings. The molecule has 6 heteroatoms. The van der Waals surface area contributed by atoms with E-state index in [-0.39, 0.29) is 11.8 Å². The SMILES string of the molecule is CC(c1ccc(Cl)cc1)N(C)S(=O)(=O)CCCNC1CC1. The van der Waals surface area contributed by atoms with Gasteiger partial charge >= 0.3 is 0 Å². The van der Waals surface area contributed by atoms with Gasteiger partial charge in [0.25, 0.3) is 0 Å². The van der Waals surface area contributed by atoms with Crippen molar-refractivity contribution in [2.45, 2.75) is 38.3 Å². The van der Waals surface area contributed by atoms with Crippen LogP contribution in [-0.2, 0) is 10.0 Å². The fourth-order valence-corrected chi connectivity index (χ4v) is 3.71. The summed E-state index contributed by atoms with van der Waals surface area (Å²) in [5.74, 6) is 0.182. The van der Waals surface area contributed by atoms with Crippen molar-refractivity contribution in [3.63, 3.8) is 0 Å². The first-order valence-electron chi connectivity index (χ1n) is 7.35. The smallest absolute Gasteiger partial charge is 0.214 e. The molecule has 1 aliphatic carbocycles. The molecule has 1 saturated carbocycles. The van der Waals surface area contributed by atoms with Crippen LogP contribution in [0.4, 0.5) is 0 Å². The molecule has 1 aromatic carbocycles. The average molecular weight is 331 g/mol. The van der Waals surface area contributed by atoms with E-state index in [1.54, 1.807) is 19.2 Å². The summed E-state index contributed by atoms with van der Waals surface area (Å²) in [7, 11) is -1.59. The van der Waals surface area contributed by atoms with E-state index in [4.69, 9.17) is 11.6 Å². The van der Waals surface area contributed by atoms with Crippen molar-refractivity contribution in [1.29, 1.82) is 0 Å². The van der Waals surface area contributed by atoms with Crippen LogP contribution in [-0.4, -0.2) is 38.1 Å². The van der Waals surface area contributed by atoms with Gasteiger partial charge in [-0.1, -0.05) is 23.7 Å². The van der Waals surface area contributed by atoms with E-state index in [0.29, 0.717) is 17.5 Å². The van der Waals surface area contributed by atoms with Crippen molar-refractivity contribution >= 4 is 21.6 Å². The van der Waals surface area contributed by atoms with Crippen LogP contribution < -0.4 is 5.32 Å². The van der Waals surface area contributed by atoms with Crippen LogP contribution in [0.15, 0.2) is 24.3 Å². The van der Waals surface area contributed by atoms with Gasteiger partial charge in [0, 0.05) is 24.2 Å². The van der Waals surface area contributed by atoms with Crippen molar-refractivity contribution < 1.29 is 8.42 Å². The summed E-state index contributed by atoms with van der Waals surface area (Å²) in [5, 5.41) is 3.99. The first-order chi connectivity index (χ1) is 9.90. The van der Waals surface area contributed by atoms with Gasteiger partial charge in [0.1, 0.15) is 0 Å². The lowest BCUT2D eigenvalue weighted by Crippen LogP contribution is -2.33. The van der Waals surface area contributed by atoms with Crippen molar-refractivity contribution in [1.82, 2.24) is 9.62 Å². The predicted octanol–water partition coefficient (Wildman–Crippen LogP) is 2.80. The monoisotopic (exact) mass is 330 g/mol. The molecule has 0 spiro atoms. The van der Waals surface area contributed by atoms with Crippen LogP contribution in [0.3, 0.4) is 0 Å². The number of sulfonamides is 1. The second-order valence-electron chi connectivity index (χ2n) is 5.64. The summed E-state index contributed by atoms with van der Waals surface area (Å²) in [6, 6.07) is 7.74. The first kappa shape index (κ1) is 16.7. The van der Waals surface area contributed by atoms with Gasteiger partial charge in [-0.05, 0) is 50.4 Å². The summed E-state index contributed by atoms with van der Waals surface area (Å²) >= 11 is 5.86. The van der Waals surface area contributed by atoms with Crippen molar-refractivity contribution in [2.24, 2.45) is 0 Å². The highest BCUT2D eigenvalue weighted by atomic mass is 35.5. The summed E-state index contributed by atoms with van der Waals surface area (Å²) in [5.41, 5.74) is 0.946. The third-order valence-corrected chi connectivity index (χ3v) is 6.18. The quantitative estimate of drug-likeness (QED) is 0.746. The van der Waals surface area contributed by atoms with Crippen LogP contribution in [0.5, 0.6) is 0 Å². The Morgan fingerprint density at radius 1 is 1.33 bits per heavy atom. The summed E-state index contributed by atoms with van der Waals surface area (Å²) in [6.45, 7) is 2.66. The highest BCUT2D eigenvalue weighted by Gasteiger charge is 2.24. The van der Waals surface area contributed by atoms with E-state index >= 15 is 0 Å². The molecular weight excluding hydrogens is 308 g/mol. The normalized spacial score (nSPS) is 17.1. The Labute approximate surface area is 132 Å². The third-order valence-electron chi connectivity index (χ3n) is 3.93.